The van der Waals surface area contributed by atoms with Crippen LogP contribution in [-0.2, 0) is 14.3 Å². The van der Waals surface area contributed by atoms with E-state index >= 15 is 0 Å². The van der Waals surface area contributed by atoms with Crippen LogP contribution in [0.5, 0.6) is 5.75 Å². The van der Waals surface area contributed by atoms with Crippen molar-refractivity contribution < 1.29 is 29.0 Å². The molecule has 8 nitrogen and oxygen atoms in total. The molecular weight excluding hydrogens is 612 g/mol. The van der Waals surface area contributed by atoms with Crippen LogP contribution in [0.15, 0.2) is 83.4 Å². The number of ketones is 1. The number of ether oxygens (including phenoxy) is 1. The topological polar surface area (TPSA) is 114 Å². The van der Waals surface area contributed by atoms with E-state index in [0.29, 0.717) is 27.8 Å². The molecule has 4 atom stereocenters. The molecule has 2 aliphatic carbocycles. The third-order valence-electron chi connectivity index (χ3n) is 8.72. The first-order valence-corrected chi connectivity index (χ1v) is 14.8. The van der Waals surface area contributed by atoms with Gasteiger partial charge in [0.25, 0.3) is 0 Å². The molecule has 4 aromatic rings. The van der Waals surface area contributed by atoms with Crippen molar-refractivity contribution in [2.24, 2.45) is 23.7 Å². The second-order valence-corrected chi connectivity index (χ2v) is 12.2. The minimum atomic E-state index is -0.713. The Kier molecular flexibility index (Phi) is 6.50. The van der Waals surface area contributed by atoms with Crippen LogP contribution in [0.1, 0.15) is 32.7 Å². The Morgan fingerprint density at radius 3 is 2.30 bits per heavy atom. The van der Waals surface area contributed by atoms with Gasteiger partial charge in [0.1, 0.15) is 5.75 Å². The average Bonchev–Trinajstić information content (AvgIpc) is 3.69. The van der Waals surface area contributed by atoms with Crippen molar-refractivity contribution in [2.75, 3.05) is 11.5 Å². The number of phenolic OH excluding ortho intramolecular Hbond substituents is 1. The van der Waals surface area contributed by atoms with Crippen LogP contribution in [0, 0.1) is 30.6 Å². The number of benzene rings is 3. The van der Waals surface area contributed by atoms with Gasteiger partial charge < -0.3 is 9.84 Å². The lowest BCUT2D eigenvalue weighted by molar-refractivity contribution is -0.123. The monoisotopic (exact) mass is 636 g/mol. The van der Waals surface area contributed by atoms with Crippen LogP contribution in [0.3, 0.4) is 0 Å². The zero-order valence-electron chi connectivity index (χ0n) is 23.0. The van der Waals surface area contributed by atoms with E-state index in [1.807, 2.05) is 13.0 Å². The van der Waals surface area contributed by atoms with E-state index in [-0.39, 0.29) is 52.4 Å². The molecular formula is C34H25BrN2O6. The standard InChI is InChI=1S/C34H25BrN2O6/c1-17-12-21(35)14-24-25(34(42)43-16-28(39)23-4-2-3-5-27(23)38)15-26(36-31(17)24)18-8-10-22(11-9-18)37-32(40)29-19-6-7-20(13-19)30(29)33(37)41/h2-12,14-15,19-20,29-30,38H,13,16H2,1H3. The van der Waals surface area contributed by atoms with Gasteiger partial charge in [-0.05, 0) is 73.2 Å². The second kappa shape index (κ2) is 10.3. The zero-order chi connectivity index (χ0) is 30.0. The molecule has 2 bridgehead atoms. The number of aromatic nitrogens is 1. The summed E-state index contributed by atoms with van der Waals surface area (Å²) >= 11 is 3.48. The van der Waals surface area contributed by atoms with Crippen LogP contribution < -0.4 is 4.90 Å². The van der Waals surface area contributed by atoms with Gasteiger partial charge in [-0.1, -0.05) is 52.3 Å². The summed E-state index contributed by atoms with van der Waals surface area (Å²) in [7, 11) is 0. The molecule has 3 aliphatic rings. The molecule has 9 heteroatoms. The normalized spacial score (nSPS) is 22.0. The van der Waals surface area contributed by atoms with E-state index in [1.54, 1.807) is 48.5 Å². The van der Waals surface area contributed by atoms with Gasteiger partial charge in [-0.25, -0.2) is 9.78 Å². The number of aromatic hydroxyl groups is 1. The summed E-state index contributed by atoms with van der Waals surface area (Å²) in [6, 6.07) is 18.3. The predicted octanol–water partition coefficient (Wildman–Crippen LogP) is 6.03. The maximum Gasteiger partial charge on any atom is 0.339 e. The van der Waals surface area contributed by atoms with Gasteiger partial charge in [-0.15, -0.1) is 0 Å². The highest BCUT2D eigenvalue weighted by atomic mass is 79.9. The number of imide groups is 1. The number of carbonyl (C=O) groups is 4. The third kappa shape index (κ3) is 4.46. The maximum atomic E-state index is 13.4. The minimum Gasteiger partial charge on any atom is -0.507 e. The Morgan fingerprint density at radius 1 is 0.953 bits per heavy atom. The quantitative estimate of drug-likeness (QED) is 0.119. The molecule has 1 saturated carbocycles. The van der Waals surface area contributed by atoms with Gasteiger partial charge in [0.15, 0.2) is 6.61 Å². The summed E-state index contributed by atoms with van der Waals surface area (Å²) in [4.78, 5) is 58.7. The number of nitrogens with zero attached hydrogens (tertiary/aromatic N) is 2. The molecule has 1 N–H and O–H groups in total. The van der Waals surface area contributed by atoms with E-state index < -0.39 is 18.4 Å². The summed E-state index contributed by atoms with van der Waals surface area (Å²) in [6.07, 6.45) is 5.01. The second-order valence-electron chi connectivity index (χ2n) is 11.2. The summed E-state index contributed by atoms with van der Waals surface area (Å²) in [6.45, 7) is 1.33. The van der Waals surface area contributed by atoms with Crippen molar-refractivity contribution in [1.82, 2.24) is 4.98 Å². The minimum absolute atomic E-state index is 0.0664. The van der Waals surface area contributed by atoms with Crippen LogP contribution in [-0.4, -0.2) is 40.3 Å². The van der Waals surface area contributed by atoms with E-state index in [9.17, 15) is 24.3 Å². The number of pyridine rings is 1. The van der Waals surface area contributed by atoms with Crippen molar-refractivity contribution in [3.05, 3.63) is 100 Å². The molecule has 1 aliphatic heterocycles. The number of para-hydroxylation sites is 1. The van der Waals surface area contributed by atoms with Crippen LogP contribution in [0.4, 0.5) is 5.69 Å². The van der Waals surface area contributed by atoms with Crippen molar-refractivity contribution in [3.8, 4) is 17.0 Å². The number of anilines is 1. The summed E-state index contributed by atoms with van der Waals surface area (Å²) < 4.78 is 6.17. The van der Waals surface area contributed by atoms with Gasteiger partial charge in [-0.2, -0.15) is 0 Å². The van der Waals surface area contributed by atoms with E-state index in [0.717, 1.165) is 16.5 Å². The Labute approximate surface area is 255 Å². The molecule has 2 heterocycles. The first-order chi connectivity index (χ1) is 20.7. The first kappa shape index (κ1) is 27.2. The maximum absolute atomic E-state index is 13.4. The summed E-state index contributed by atoms with van der Waals surface area (Å²) in [5.41, 5.74) is 3.37. The number of amides is 2. The highest BCUT2D eigenvalue weighted by Crippen LogP contribution is 2.53. The number of phenols is 1. The van der Waals surface area contributed by atoms with Gasteiger partial charge in [-0.3, -0.25) is 19.3 Å². The lowest BCUT2D eigenvalue weighted by Gasteiger charge is -2.18. The van der Waals surface area contributed by atoms with Crippen LogP contribution in [0.2, 0.25) is 0 Å². The van der Waals surface area contributed by atoms with Crippen molar-refractivity contribution >= 4 is 56.1 Å². The fourth-order valence-electron chi connectivity index (χ4n) is 6.71. The Morgan fingerprint density at radius 2 is 1.63 bits per heavy atom. The first-order valence-electron chi connectivity index (χ1n) is 14.0. The van der Waals surface area contributed by atoms with Crippen molar-refractivity contribution in [2.45, 2.75) is 13.3 Å². The molecule has 3 aromatic carbocycles. The predicted molar refractivity (Wildman–Crippen MR) is 163 cm³/mol. The third-order valence-corrected chi connectivity index (χ3v) is 9.18. The smallest absolute Gasteiger partial charge is 0.339 e. The molecule has 1 saturated heterocycles. The number of allylic oxidation sites excluding steroid dienone is 2. The molecule has 0 spiro atoms. The van der Waals surface area contributed by atoms with E-state index in [2.05, 4.69) is 28.1 Å². The largest absolute Gasteiger partial charge is 0.507 e. The number of Topliss-reactive ketones (excluding diaryl/α,β-unsaturated/α-hetero) is 1. The molecule has 7 rings (SSSR count). The number of esters is 1. The Balaban J connectivity index is 1.19. The number of carbonyl (C=O) groups excluding carboxylic acids is 4. The van der Waals surface area contributed by atoms with Gasteiger partial charge in [0, 0.05) is 15.4 Å². The van der Waals surface area contributed by atoms with Crippen molar-refractivity contribution in [1.29, 1.82) is 0 Å². The summed E-state index contributed by atoms with van der Waals surface area (Å²) in [5.74, 6) is -2.02. The molecule has 2 fully saturated rings. The summed E-state index contributed by atoms with van der Waals surface area (Å²) in [5, 5.41) is 10.5. The van der Waals surface area contributed by atoms with Gasteiger partial charge >= 0.3 is 5.97 Å². The van der Waals surface area contributed by atoms with Crippen molar-refractivity contribution in [3.63, 3.8) is 0 Å². The molecule has 4 unspecified atom stereocenters. The van der Waals surface area contributed by atoms with Gasteiger partial charge in [0.2, 0.25) is 17.6 Å². The van der Waals surface area contributed by atoms with E-state index in [1.165, 1.54) is 17.0 Å². The molecule has 0 radical (unpaired) electrons. The number of aryl methyl sites for hydroxylation is 1. The fourth-order valence-corrected chi connectivity index (χ4v) is 7.28. The highest BCUT2D eigenvalue weighted by molar-refractivity contribution is 9.10. The Hall–Kier alpha value is -4.63. The average molecular weight is 637 g/mol. The molecule has 214 valence electrons. The SMILES string of the molecule is Cc1cc(Br)cc2c(C(=O)OCC(=O)c3ccccc3O)cc(-c3ccc(N4C(=O)C5C6C=CC(C6)C5C4=O)cc3)nc12. The number of rotatable bonds is 6. The number of hydrogen-bond donors (Lipinski definition) is 1. The lowest BCUT2D eigenvalue weighted by Crippen LogP contribution is -2.32. The molecule has 43 heavy (non-hydrogen) atoms. The number of fused-ring (bicyclic) bond motifs is 6. The zero-order valence-corrected chi connectivity index (χ0v) is 24.6. The molecule has 2 amide bonds. The van der Waals surface area contributed by atoms with E-state index in [4.69, 9.17) is 9.72 Å². The lowest BCUT2D eigenvalue weighted by atomic mass is 9.85. The number of hydrogen-bond acceptors (Lipinski definition) is 7. The highest BCUT2D eigenvalue weighted by Gasteiger charge is 2.59. The number of halogens is 1. The van der Waals surface area contributed by atoms with Gasteiger partial charge in [0.05, 0.1) is 39.9 Å². The van der Waals surface area contributed by atoms with Crippen LogP contribution in [0.25, 0.3) is 22.2 Å². The van der Waals surface area contributed by atoms with Crippen LogP contribution >= 0.6 is 15.9 Å². The Bertz CT molecular complexity index is 1870. The fraction of sp³-hybridized carbons (Fsp3) is 0.206. The molecule has 1 aromatic heterocycles.